The Hall–Kier alpha value is -0.320. The number of halogens is 1. The summed E-state index contributed by atoms with van der Waals surface area (Å²) in [4.78, 5) is 14.1. The van der Waals surface area contributed by atoms with E-state index in [-0.39, 0.29) is 23.7 Å². The van der Waals surface area contributed by atoms with E-state index in [2.05, 4.69) is 31.0 Å². The van der Waals surface area contributed by atoms with Gasteiger partial charge in [0.25, 0.3) is 0 Å². The van der Waals surface area contributed by atoms with Gasteiger partial charge in [-0.3, -0.25) is 9.69 Å². The van der Waals surface area contributed by atoms with Crippen molar-refractivity contribution < 1.29 is 4.79 Å². The molecule has 5 heteroatoms. The minimum atomic E-state index is 0. The second-order valence-electron chi connectivity index (χ2n) is 6.98. The Morgan fingerprint density at radius 2 is 1.95 bits per heavy atom. The first kappa shape index (κ1) is 19.7. The maximum Gasteiger partial charge on any atom is 0.234 e. The molecule has 1 amide bonds. The van der Waals surface area contributed by atoms with Gasteiger partial charge >= 0.3 is 0 Å². The first-order chi connectivity index (χ1) is 8.84. The van der Waals surface area contributed by atoms with Crippen LogP contribution in [-0.4, -0.2) is 43.5 Å². The van der Waals surface area contributed by atoms with Crippen LogP contribution in [0.25, 0.3) is 0 Å². The maximum atomic E-state index is 12.1. The molecule has 1 rings (SSSR count). The molecular formula is C15H32ClN3O. The minimum absolute atomic E-state index is 0. The van der Waals surface area contributed by atoms with Gasteiger partial charge in [-0.1, -0.05) is 33.6 Å². The molecule has 0 aromatic carbocycles. The average molecular weight is 306 g/mol. The van der Waals surface area contributed by atoms with Crippen molar-refractivity contribution in [1.82, 2.24) is 10.2 Å². The summed E-state index contributed by atoms with van der Waals surface area (Å²) in [5.41, 5.74) is 5.79. The monoisotopic (exact) mass is 305 g/mol. The summed E-state index contributed by atoms with van der Waals surface area (Å²) in [6, 6.07) is 0.372. The molecule has 120 valence electrons. The third kappa shape index (κ3) is 6.91. The van der Waals surface area contributed by atoms with E-state index in [1.165, 1.54) is 19.3 Å². The van der Waals surface area contributed by atoms with Crippen LogP contribution in [0.5, 0.6) is 0 Å². The van der Waals surface area contributed by atoms with Gasteiger partial charge in [0.15, 0.2) is 0 Å². The molecule has 1 saturated carbocycles. The maximum absolute atomic E-state index is 12.1. The van der Waals surface area contributed by atoms with Gasteiger partial charge in [0.05, 0.1) is 6.54 Å². The van der Waals surface area contributed by atoms with Gasteiger partial charge in [-0.15, -0.1) is 12.4 Å². The summed E-state index contributed by atoms with van der Waals surface area (Å²) in [5, 5.41) is 3.19. The molecule has 0 aromatic rings. The van der Waals surface area contributed by atoms with Crippen molar-refractivity contribution in [2.75, 3.05) is 26.7 Å². The van der Waals surface area contributed by atoms with Gasteiger partial charge in [-0.25, -0.2) is 0 Å². The highest BCUT2D eigenvalue weighted by Crippen LogP contribution is 2.23. The molecule has 1 fully saturated rings. The van der Waals surface area contributed by atoms with Crippen LogP contribution in [0.1, 0.15) is 46.5 Å². The normalized spacial score (nSPS) is 23.3. The minimum Gasteiger partial charge on any atom is -0.352 e. The molecule has 20 heavy (non-hydrogen) atoms. The Morgan fingerprint density at radius 1 is 1.35 bits per heavy atom. The largest absolute Gasteiger partial charge is 0.352 e. The van der Waals surface area contributed by atoms with E-state index < -0.39 is 0 Å². The SMILES string of the molecule is CC1CCCCC1NC(=O)CN(C)CC(C)(C)CN.Cl. The van der Waals surface area contributed by atoms with Crippen LogP contribution in [0.4, 0.5) is 0 Å². The highest BCUT2D eigenvalue weighted by Gasteiger charge is 2.24. The molecule has 0 spiro atoms. The Morgan fingerprint density at radius 3 is 2.50 bits per heavy atom. The van der Waals surface area contributed by atoms with Crippen molar-refractivity contribution in [3.8, 4) is 0 Å². The summed E-state index contributed by atoms with van der Waals surface area (Å²) >= 11 is 0. The van der Waals surface area contributed by atoms with Crippen LogP contribution >= 0.6 is 12.4 Å². The van der Waals surface area contributed by atoms with E-state index in [0.717, 1.165) is 13.0 Å². The van der Waals surface area contributed by atoms with Crippen molar-refractivity contribution in [3.63, 3.8) is 0 Å². The molecule has 3 N–H and O–H groups in total. The Balaban J connectivity index is 0.00000361. The standard InChI is InChI=1S/C15H31N3O.ClH/c1-12-7-5-6-8-13(12)17-14(19)9-18(4)11-15(2,3)10-16;/h12-13H,5-11,16H2,1-4H3,(H,17,19);1H. The quantitative estimate of drug-likeness (QED) is 0.789. The number of carbonyl (C=O) groups is 1. The average Bonchev–Trinajstić information content (AvgIpc) is 2.31. The lowest BCUT2D eigenvalue weighted by atomic mass is 9.86. The van der Waals surface area contributed by atoms with Crippen molar-refractivity contribution >= 4 is 18.3 Å². The first-order valence-electron chi connectivity index (χ1n) is 7.52. The van der Waals surface area contributed by atoms with E-state index in [1.54, 1.807) is 0 Å². The summed E-state index contributed by atoms with van der Waals surface area (Å²) in [7, 11) is 1.99. The van der Waals surface area contributed by atoms with Crippen LogP contribution in [0, 0.1) is 11.3 Å². The lowest BCUT2D eigenvalue weighted by Crippen LogP contribution is -2.47. The first-order valence-corrected chi connectivity index (χ1v) is 7.52. The van der Waals surface area contributed by atoms with Gasteiger partial charge in [0.1, 0.15) is 0 Å². The number of nitrogens with one attached hydrogen (secondary N) is 1. The summed E-state index contributed by atoms with van der Waals surface area (Å²) in [6.07, 6.45) is 4.91. The number of carbonyl (C=O) groups excluding carboxylic acids is 1. The lowest BCUT2D eigenvalue weighted by Gasteiger charge is -2.31. The molecule has 0 radical (unpaired) electrons. The zero-order valence-corrected chi connectivity index (χ0v) is 14.3. The fourth-order valence-corrected chi connectivity index (χ4v) is 2.88. The number of likely N-dealkylation sites (N-methyl/N-ethyl adjacent to an activating group) is 1. The molecule has 0 heterocycles. The number of amides is 1. The van der Waals surface area contributed by atoms with Gasteiger partial charge in [0.2, 0.25) is 5.91 Å². The summed E-state index contributed by atoms with van der Waals surface area (Å²) in [5.74, 6) is 0.762. The highest BCUT2D eigenvalue weighted by molar-refractivity contribution is 5.85. The predicted octanol–water partition coefficient (Wildman–Crippen LogP) is 2.02. The van der Waals surface area contributed by atoms with Gasteiger partial charge in [-0.05, 0) is 37.8 Å². The highest BCUT2D eigenvalue weighted by atomic mass is 35.5. The second kappa shape index (κ2) is 8.85. The summed E-state index contributed by atoms with van der Waals surface area (Å²) in [6.45, 7) is 8.45. The van der Waals surface area contributed by atoms with Crippen LogP contribution in [0.15, 0.2) is 0 Å². The number of hydrogen-bond acceptors (Lipinski definition) is 3. The van der Waals surface area contributed by atoms with Gasteiger partial charge in [-0.2, -0.15) is 0 Å². The molecule has 1 aliphatic carbocycles. The number of hydrogen-bond donors (Lipinski definition) is 2. The van der Waals surface area contributed by atoms with E-state index >= 15 is 0 Å². The van der Waals surface area contributed by atoms with Crippen molar-refractivity contribution in [3.05, 3.63) is 0 Å². The van der Waals surface area contributed by atoms with Crippen LogP contribution in [0.3, 0.4) is 0 Å². The third-order valence-electron chi connectivity index (χ3n) is 4.12. The smallest absolute Gasteiger partial charge is 0.234 e. The van der Waals surface area contributed by atoms with E-state index in [4.69, 9.17) is 5.73 Å². The van der Waals surface area contributed by atoms with Crippen molar-refractivity contribution in [2.24, 2.45) is 17.1 Å². The molecule has 0 saturated heterocycles. The molecule has 0 aromatic heterocycles. The van der Waals surface area contributed by atoms with E-state index in [1.807, 2.05) is 7.05 Å². The second-order valence-corrected chi connectivity index (χ2v) is 6.98. The molecule has 0 aliphatic heterocycles. The summed E-state index contributed by atoms with van der Waals surface area (Å²) < 4.78 is 0. The molecule has 0 bridgehead atoms. The van der Waals surface area contributed by atoms with E-state index in [0.29, 0.717) is 25.0 Å². The Labute approximate surface area is 130 Å². The van der Waals surface area contributed by atoms with Crippen LogP contribution < -0.4 is 11.1 Å². The predicted molar refractivity (Wildman–Crippen MR) is 87.1 cm³/mol. The molecular weight excluding hydrogens is 274 g/mol. The lowest BCUT2D eigenvalue weighted by molar-refractivity contribution is -0.123. The zero-order valence-electron chi connectivity index (χ0n) is 13.4. The number of rotatable bonds is 6. The molecule has 4 nitrogen and oxygen atoms in total. The third-order valence-corrected chi connectivity index (χ3v) is 4.12. The Bertz CT molecular complexity index is 297. The fourth-order valence-electron chi connectivity index (χ4n) is 2.88. The van der Waals surface area contributed by atoms with Crippen molar-refractivity contribution in [2.45, 2.75) is 52.5 Å². The number of nitrogens with zero attached hydrogens (tertiary/aromatic N) is 1. The van der Waals surface area contributed by atoms with Crippen LogP contribution in [0.2, 0.25) is 0 Å². The van der Waals surface area contributed by atoms with Gasteiger partial charge in [0, 0.05) is 12.6 Å². The van der Waals surface area contributed by atoms with Crippen molar-refractivity contribution in [1.29, 1.82) is 0 Å². The topological polar surface area (TPSA) is 58.4 Å². The van der Waals surface area contributed by atoms with Gasteiger partial charge < -0.3 is 11.1 Å². The molecule has 2 unspecified atom stereocenters. The van der Waals surface area contributed by atoms with Crippen LogP contribution in [-0.2, 0) is 4.79 Å². The number of nitrogens with two attached hydrogens (primary N) is 1. The fraction of sp³-hybridized carbons (Fsp3) is 0.933. The van der Waals surface area contributed by atoms with E-state index in [9.17, 15) is 4.79 Å². The molecule has 2 atom stereocenters. The zero-order chi connectivity index (χ0) is 14.5. The molecule has 1 aliphatic rings. The Kier molecular flexibility index (Phi) is 8.71.